The molecule has 0 aliphatic carbocycles. The molecule has 4 heteroatoms. The predicted octanol–water partition coefficient (Wildman–Crippen LogP) is 3.42. The van der Waals surface area contributed by atoms with E-state index in [9.17, 15) is 4.79 Å². The van der Waals surface area contributed by atoms with Crippen LogP contribution in [0.2, 0.25) is 0 Å². The van der Waals surface area contributed by atoms with Crippen LogP contribution in [0.15, 0.2) is 56.3 Å². The average Bonchev–Trinajstić information content (AvgIpc) is 2.27. The highest BCUT2D eigenvalue weighted by Gasteiger charge is 1.98. The molecule has 1 heterocycles. The number of rotatable bonds is 2. The van der Waals surface area contributed by atoms with Crippen molar-refractivity contribution in [1.82, 2.24) is 4.57 Å². The number of hydrogen-bond acceptors (Lipinski definition) is 1. The van der Waals surface area contributed by atoms with Crippen LogP contribution in [0.25, 0.3) is 0 Å². The Bertz CT molecular complexity index is 546. The van der Waals surface area contributed by atoms with E-state index in [4.69, 9.17) is 0 Å². The molecule has 2 rings (SSSR count). The van der Waals surface area contributed by atoms with Crippen molar-refractivity contribution >= 4 is 31.9 Å². The van der Waals surface area contributed by atoms with E-state index in [-0.39, 0.29) is 5.56 Å². The molecule has 0 radical (unpaired) electrons. The quantitative estimate of drug-likeness (QED) is 0.819. The van der Waals surface area contributed by atoms with Crippen molar-refractivity contribution in [1.29, 1.82) is 0 Å². The molecule has 1 aromatic carbocycles. The standard InChI is InChI=1S/C12H9Br2NO/c13-10-3-1-9(2-4-10)7-15-8-11(14)5-6-12(15)16/h1-6,8H,7H2. The van der Waals surface area contributed by atoms with Gasteiger partial charge in [-0.1, -0.05) is 28.1 Å². The van der Waals surface area contributed by atoms with Gasteiger partial charge in [0.25, 0.3) is 5.56 Å². The summed E-state index contributed by atoms with van der Waals surface area (Å²) < 4.78 is 3.62. The van der Waals surface area contributed by atoms with Crippen molar-refractivity contribution < 1.29 is 0 Å². The third-order valence-electron chi connectivity index (χ3n) is 2.21. The second kappa shape index (κ2) is 4.97. The van der Waals surface area contributed by atoms with Gasteiger partial charge in [0.05, 0.1) is 6.54 Å². The van der Waals surface area contributed by atoms with Crippen molar-refractivity contribution in [3.8, 4) is 0 Å². The van der Waals surface area contributed by atoms with Crippen LogP contribution in [0.3, 0.4) is 0 Å². The fraction of sp³-hybridized carbons (Fsp3) is 0.0833. The van der Waals surface area contributed by atoms with Gasteiger partial charge in [0, 0.05) is 21.2 Å². The van der Waals surface area contributed by atoms with Gasteiger partial charge in [-0.15, -0.1) is 0 Å². The maximum absolute atomic E-state index is 11.6. The molecule has 82 valence electrons. The summed E-state index contributed by atoms with van der Waals surface area (Å²) in [7, 11) is 0. The fourth-order valence-electron chi connectivity index (χ4n) is 1.41. The molecular formula is C12H9Br2NO. The van der Waals surface area contributed by atoms with Gasteiger partial charge in [0.2, 0.25) is 0 Å². The lowest BCUT2D eigenvalue weighted by molar-refractivity contribution is 0.756. The third kappa shape index (κ3) is 2.83. The van der Waals surface area contributed by atoms with Crippen LogP contribution >= 0.6 is 31.9 Å². The summed E-state index contributed by atoms with van der Waals surface area (Å²) in [6.07, 6.45) is 1.80. The lowest BCUT2D eigenvalue weighted by Gasteiger charge is -2.06. The highest BCUT2D eigenvalue weighted by atomic mass is 79.9. The Labute approximate surface area is 110 Å². The second-order valence-corrected chi connectivity index (χ2v) is 5.27. The van der Waals surface area contributed by atoms with Gasteiger partial charge < -0.3 is 4.57 Å². The molecule has 0 fully saturated rings. The van der Waals surface area contributed by atoms with Gasteiger partial charge in [0.1, 0.15) is 0 Å². The molecule has 16 heavy (non-hydrogen) atoms. The largest absolute Gasteiger partial charge is 0.310 e. The highest BCUT2D eigenvalue weighted by Crippen LogP contribution is 2.12. The van der Waals surface area contributed by atoms with E-state index in [1.54, 1.807) is 22.9 Å². The Morgan fingerprint density at radius 2 is 1.56 bits per heavy atom. The van der Waals surface area contributed by atoms with E-state index in [2.05, 4.69) is 31.9 Å². The van der Waals surface area contributed by atoms with Crippen LogP contribution in [0.1, 0.15) is 5.56 Å². The topological polar surface area (TPSA) is 22.0 Å². The number of nitrogens with zero attached hydrogens (tertiary/aromatic N) is 1. The molecule has 0 bridgehead atoms. The van der Waals surface area contributed by atoms with Crippen molar-refractivity contribution in [2.24, 2.45) is 0 Å². The monoisotopic (exact) mass is 341 g/mol. The molecule has 2 nitrogen and oxygen atoms in total. The van der Waals surface area contributed by atoms with Crippen molar-refractivity contribution in [2.45, 2.75) is 6.54 Å². The lowest BCUT2D eigenvalue weighted by atomic mass is 10.2. The maximum atomic E-state index is 11.6. The molecule has 0 spiro atoms. The first kappa shape index (κ1) is 11.6. The van der Waals surface area contributed by atoms with Crippen LogP contribution in [-0.4, -0.2) is 4.57 Å². The Hall–Kier alpha value is -0.870. The Morgan fingerprint density at radius 1 is 0.938 bits per heavy atom. The highest BCUT2D eigenvalue weighted by molar-refractivity contribution is 9.10. The summed E-state index contributed by atoms with van der Waals surface area (Å²) in [5.41, 5.74) is 1.11. The van der Waals surface area contributed by atoms with Crippen LogP contribution in [-0.2, 0) is 6.54 Å². The summed E-state index contributed by atoms with van der Waals surface area (Å²) in [6.45, 7) is 0.589. The van der Waals surface area contributed by atoms with Crippen molar-refractivity contribution in [3.05, 3.63) is 67.5 Å². The molecule has 2 aromatic rings. The minimum Gasteiger partial charge on any atom is -0.310 e. The van der Waals surface area contributed by atoms with Crippen LogP contribution in [0.4, 0.5) is 0 Å². The Kier molecular flexibility index (Phi) is 3.61. The van der Waals surface area contributed by atoms with Crippen molar-refractivity contribution in [2.75, 3.05) is 0 Å². The first-order valence-corrected chi connectivity index (χ1v) is 6.34. The number of pyridine rings is 1. The zero-order valence-corrected chi connectivity index (χ0v) is 11.5. The number of halogens is 2. The number of benzene rings is 1. The molecule has 0 aliphatic heterocycles. The smallest absolute Gasteiger partial charge is 0.250 e. The molecule has 0 aliphatic rings. The number of aromatic nitrogens is 1. The fourth-order valence-corrected chi connectivity index (χ4v) is 2.06. The van der Waals surface area contributed by atoms with Gasteiger partial charge in [-0.05, 0) is 39.7 Å². The first-order valence-electron chi connectivity index (χ1n) is 4.75. The summed E-state index contributed by atoms with van der Waals surface area (Å²) in [5.74, 6) is 0. The van der Waals surface area contributed by atoms with Crippen LogP contribution < -0.4 is 5.56 Å². The van der Waals surface area contributed by atoms with Gasteiger partial charge >= 0.3 is 0 Å². The Morgan fingerprint density at radius 3 is 2.25 bits per heavy atom. The van der Waals surface area contributed by atoms with Gasteiger partial charge in [-0.25, -0.2) is 0 Å². The summed E-state index contributed by atoms with van der Waals surface area (Å²) in [6, 6.07) is 11.2. The molecule has 0 amide bonds. The molecule has 0 atom stereocenters. The van der Waals surface area contributed by atoms with E-state index in [0.29, 0.717) is 6.54 Å². The molecule has 1 aromatic heterocycles. The van der Waals surface area contributed by atoms with E-state index in [1.165, 1.54) is 0 Å². The SMILES string of the molecule is O=c1ccc(Br)cn1Cc1ccc(Br)cc1. The van der Waals surface area contributed by atoms with E-state index >= 15 is 0 Å². The van der Waals surface area contributed by atoms with Gasteiger partial charge in [-0.3, -0.25) is 4.79 Å². The molecule has 0 saturated carbocycles. The molecule has 0 saturated heterocycles. The van der Waals surface area contributed by atoms with Gasteiger partial charge in [-0.2, -0.15) is 0 Å². The zero-order valence-electron chi connectivity index (χ0n) is 8.36. The lowest BCUT2D eigenvalue weighted by Crippen LogP contribution is -2.18. The number of hydrogen-bond donors (Lipinski definition) is 0. The molecule has 0 N–H and O–H groups in total. The van der Waals surface area contributed by atoms with E-state index < -0.39 is 0 Å². The summed E-state index contributed by atoms with van der Waals surface area (Å²) in [4.78, 5) is 11.6. The second-order valence-electron chi connectivity index (χ2n) is 3.44. The molecule has 0 unspecified atom stereocenters. The minimum absolute atomic E-state index is 0.00567. The molecular weight excluding hydrogens is 334 g/mol. The summed E-state index contributed by atoms with van der Waals surface area (Å²) in [5, 5.41) is 0. The zero-order chi connectivity index (χ0) is 11.5. The normalized spacial score (nSPS) is 10.4. The van der Waals surface area contributed by atoms with E-state index in [0.717, 1.165) is 14.5 Å². The predicted molar refractivity (Wildman–Crippen MR) is 71.6 cm³/mol. The van der Waals surface area contributed by atoms with E-state index in [1.807, 2.05) is 24.3 Å². The van der Waals surface area contributed by atoms with Crippen LogP contribution in [0.5, 0.6) is 0 Å². The first-order chi connectivity index (χ1) is 7.65. The van der Waals surface area contributed by atoms with Gasteiger partial charge in [0.15, 0.2) is 0 Å². The third-order valence-corrected chi connectivity index (χ3v) is 3.21. The summed E-state index contributed by atoms with van der Waals surface area (Å²) >= 11 is 6.73. The van der Waals surface area contributed by atoms with Crippen molar-refractivity contribution in [3.63, 3.8) is 0 Å². The minimum atomic E-state index is 0.00567. The Balaban J connectivity index is 2.30. The maximum Gasteiger partial charge on any atom is 0.250 e. The van der Waals surface area contributed by atoms with Crippen LogP contribution in [0, 0.1) is 0 Å². The average molecular weight is 343 g/mol.